The van der Waals surface area contributed by atoms with Gasteiger partial charge in [-0.2, -0.15) is 5.10 Å². The van der Waals surface area contributed by atoms with E-state index in [1.54, 1.807) is 22.8 Å². The smallest absolute Gasteiger partial charge is 0.191 e. The highest BCUT2D eigenvalue weighted by molar-refractivity contribution is 7.99. The van der Waals surface area contributed by atoms with Gasteiger partial charge in [-0.1, -0.05) is 42.1 Å². The van der Waals surface area contributed by atoms with E-state index in [0.717, 1.165) is 18.3 Å². The van der Waals surface area contributed by atoms with Crippen LogP contribution < -0.4 is 10.6 Å². The Morgan fingerprint density at radius 1 is 1.04 bits per heavy atom. The van der Waals surface area contributed by atoms with Crippen molar-refractivity contribution in [3.8, 4) is 0 Å². The number of nitrogens with zero attached hydrogens (tertiary/aromatic N) is 4. The zero-order valence-corrected chi connectivity index (χ0v) is 16.4. The molecule has 0 atom stereocenters. The minimum Gasteiger partial charge on any atom is -0.357 e. The van der Waals surface area contributed by atoms with Crippen molar-refractivity contribution in [2.45, 2.75) is 29.8 Å². The van der Waals surface area contributed by atoms with E-state index in [9.17, 15) is 0 Å². The van der Waals surface area contributed by atoms with Gasteiger partial charge in [-0.3, -0.25) is 4.68 Å². The zero-order valence-electron chi connectivity index (χ0n) is 15.6. The van der Waals surface area contributed by atoms with Crippen LogP contribution >= 0.6 is 11.8 Å². The van der Waals surface area contributed by atoms with Gasteiger partial charge >= 0.3 is 0 Å². The molecule has 0 aliphatic carbocycles. The summed E-state index contributed by atoms with van der Waals surface area (Å²) in [4.78, 5) is 11.3. The molecule has 0 amide bonds. The molecule has 0 fully saturated rings. The Morgan fingerprint density at radius 2 is 1.78 bits per heavy atom. The van der Waals surface area contributed by atoms with E-state index < -0.39 is 0 Å². The average molecular weight is 381 g/mol. The molecule has 0 radical (unpaired) electrons. The molecule has 0 aliphatic heterocycles. The predicted molar refractivity (Wildman–Crippen MR) is 110 cm³/mol. The largest absolute Gasteiger partial charge is 0.357 e. The maximum Gasteiger partial charge on any atom is 0.191 e. The number of nitrogens with one attached hydrogen (secondary N) is 2. The lowest BCUT2D eigenvalue weighted by atomic mass is 10.2. The minimum atomic E-state index is 0.578. The lowest BCUT2D eigenvalue weighted by molar-refractivity contribution is 0.673. The molecule has 1 heterocycles. The Morgan fingerprint density at radius 3 is 2.44 bits per heavy atom. The molecule has 7 heteroatoms. The first-order valence-electron chi connectivity index (χ1n) is 8.91. The van der Waals surface area contributed by atoms with E-state index in [1.807, 2.05) is 13.1 Å². The van der Waals surface area contributed by atoms with Crippen LogP contribution in [0.5, 0.6) is 0 Å². The van der Waals surface area contributed by atoms with Crippen molar-refractivity contribution in [3.63, 3.8) is 0 Å². The van der Waals surface area contributed by atoms with Gasteiger partial charge < -0.3 is 10.6 Å². The number of rotatable bonds is 7. The quantitative estimate of drug-likeness (QED) is 0.487. The summed E-state index contributed by atoms with van der Waals surface area (Å²) in [5, 5.41) is 10.6. The molecule has 3 aromatic rings. The van der Waals surface area contributed by atoms with Crippen molar-refractivity contribution in [1.29, 1.82) is 0 Å². The van der Waals surface area contributed by atoms with Crippen LogP contribution in [0, 0.1) is 0 Å². The Hall–Kier alpha value is -2.80. The van der Waals surface area contributed by atoms with Gasteiger partial charge in [0.2, 0.25) is 0 Å². The number of hydrogen-bond donors (Lipinski definition) is 2. The van der Waals surface area contributed by atoms with Gasteiger partial charge in [0, 0.05) is 23.4 Å². The van der Waals surface area contributed by atoms with E-state index in [1.165, 1.54) is 15.4 Å². The number of aromatic nitrogens is 3. The molecule has 0 spiro atoms. The zero-order chi connectivity index (χ0) is 18.9. The van der Waals surface area contributed by atoms with Crippen molar-refractivity contribution in [2.75, 3.05) is 6.54 Å². The predicted octanol–water partition coefficient (Wildman–Crippen LogP) is 3.22. The van der Waals surface area contributed by atoms with Crippen LogP contribution in [-0.2, 0) is 20.1 Å². The third-order valence-corrected chi connectivity index (χ3v) is 4.90. The van der Waals surface area contributed by atoms with Gasteiger partial charge in [-0.15, -0.1) is 0 Å². The topological polar surface area (TPSA) is 67.1 Å². The number of benzene rings is 2. The molecule has 2 N–H and O–H groups in total. The van der Waals surface area contributed by atoms with Gasteiger partial charge in [0.1, 0.15) is 12.2 Å². The highest BCUT2D eigenvalue weighted by Gasteiger charge is 2.03. The van der Waals surface area contributed by atoms with Crippen molar-refractivity contribution < 1.29 is 0 Å². The number of aryl methyl sites for hydroxylation is 1. The molecule has 140 valence electrons. The van der Waals surface area contributed by atoms with Gasteiger partial charge in [-0.05, 0) is 36.8 Å². The maximum absolute atomic E-state index is 4.66. The van der Waals surface area contributed by atoms with Crippen molar-refractivity contribution in [3.05, 3.63) is 72.3 Å². The first-order chi connectivity index (χ1) is 13.2. The van der Waals surface area contributed by atoms with Crippen LogP contribution in [0.3, 0.4) is 0 Å². The fourth-order valence-corrected chi connectivity index (χ4v) is 3.28. The molecule has 0 saturated heterocycles. The van der Waals surface area contributed by atoms with Crippen molar-refractivity contribution in [1.82, 2.24) is 25.4 Å². The normalized spacial score (nSPS) is 11.4. The summed E-state index contributed by atoms with van der Waals surface area (Å²) >= 11 is 1.76. The fourth-order valence-electron chi connectivity index (χ4n) is 2.44. The second kappa shape index (κ2) is 9.78. The van der Waals surface area contributed by atoms with E-state index in [-0.39, 0.29) is 0 Å². The summed E-state index contributed by atoms with van der Waals surface area (Å²) in [6, 6.07) is 18.9. The van der Waals surface area contributed by atoms with Gasteiger partial charge in [-0.25, -0.2) is 9.98 Å². The minimum absolute atomic E-state index is 0.578. The second-order valence-electron chi connectivity index (χ2n) is 5.91. The summed E-state index contributed by atoms with van der Waals surface area (Å²) in [6.45, 7) is 4.05. The van der Waals surface area contributed by atoms with Crippen LogP contribution in [0.15, 0.2) is 75.7 Å². The fraction of sp³-hybridized carbons (Fsp3) is 0.250. The summed E-state index contributed by atoms with van der Waals surface area (Å²) in [5.41, 5.74) is 1.17. The molecule has 1 aromatic heterocycles. The lowest BCUT2D eigenvalue weighted by Crippen LogP contribution is -2.37. The van der Waals surface area contributed by atoms with Gasteiger partial charge in [0.05, 0.1) is 13.1 Å². The van der Waals surface area contributed by atoms with E-state index in [0.29, 0.717) is 13.1 Å². The molecule has 27 heavy (non-hydrogen) atoms. The molecule has 0 saturated carbocycles. The van der Waals surface area contributed by atoms with Crippen LogP contribution in [-0.4, -0.2) is 27.3 Å². The first kappa shape index (κ1) is 19.0. The molecule has 2 aromatic carbocycles. The molecule has 0 aliphatic rings. The summed E-state index contributed by atoms with van der Waals surface area (Å²) in [5.74, 6) is 1.63. The Balaban J connectivity index is 1.57. The molecular formula is C20H24N6S. The second-order valence-corrected chi connectivity index (χ2v) is 7.05. The number of hydrogen-bond acceptors (Lipinski definition) is 4. The number of guanidine groups is 1. The molecular weight excluding hydrogens is 356 g/mol. The first-order valence-corrected chi connectivity index (χ1v) is 9.73. The van der Waals surface area contributed by atoms with Gasteiger partial charge in [0.15, 0.2) is 5.96 Å². The molecule has 6 nitrogen and oxygen atoms in total. The van der Waals surface area contributed by atoms with E-state index in [2.05, 4.69) is 81.2 Å². The highest BCUT2D eigenvalue weighted by atomic mass is 32.2. The molecule has 0 unspecified atom stereocenters. The van der Waals surface area contributed by atoms with Crippen LogP contribution in [0.4, 0.5) is 0 Å². The summed E-state index contributed by atoms with van der Waals surface area (Å²) < 4.78 is 1.75. The average Bonchev–Trinajstić information content (AvgIpc) is 3.11. The van der Waals surface area contributed by atoms with E-state index >= 15 is 0 Å². The Labute approximate surface area is 164 Å². The van der Waals surface area contributed by atoms with Crippen LogP contribution in [0.25, 0.3) is 0 Å². The van der Waals surface area contributed by atoms with Gasteiger partial charge in [0.25, 0.3) is 0 Å². The number of aliphatic imine (C=N–C) groups is 1. The SMILES string of the molecule is CCNC(=NCc1ccc(Sc2ccccc2)cc1)NCc1ncnn1C. The van der Waals surface area contributed by atoms with E-state index in [4.69, 9.17) is 0 Å². The Bertz CT molecular complexity index is 858. The van der Waals surface area contributed by atoms with Crippen molar-refractivity contribution >= 4 is 17.7 Å². The van der Waals surface area contributed by atoms with Crippen molar-refractivity contribution in [2.24, 2.45) is 12.0 Å². The summed E-state index contributed by atoms with van der Waals surface area (Å²) in [6.07, 6.45) is 1.55. The third-order valence-electron chi connectivity index (χ3n) is 3.89. The standard InChI is InChI=1S/C20H24N6S/c1-3-21-20(23-14-19-24-15-25-26(19)2)22-13-16-9-11-18(12-10-16)27-17-7-5-4-6-8-17/h4-12,15H,3,13-14H2,1-2H3,(H2,21,22,23). The Kier molecular flexibility index (Phi) is 6.87. The highest BCUT2D eigenvalue weighted by Crippen LogP contribution is 2.27. The van der Waals surface area contributed by atoms with Crippen LogP contribution in [0.1, 0.15) is 18.3 Å². The molecule has 0 bridgehead atoms. The lowest BCUT2D eigenvalue weighted by Gasteiger charge is -2.11. The monoisotopic (exact) mass is 380 g/mol. The molecule has 3 rings (SSSR count). The van der Waals surface area contributed by atoms with Crippen LogP contribution in [0.2, 0.25) is 0 Å². The summed E-state index contributed by atoms with van der Waals surface area (Å²) in [7, 11) is 1.88. The third kappa shape index (κ3) is 5.86. The maximum atomic E-state index is 4.66.